The fraction of sp³-hybridized carbons (Fsp3) is 0.267. The first kappa shape index (κ1) is 15.5. The third-order valence-corrected chi connectivity index (χ3v) is 4.87. The second-order valence-corrected chi connectivity index (χ2v) is 6.76. The molecule has 2 rings (SSSR count). The van der Waals surface area contributed by atoms with Gasteiger partial charge in [0.1, 0.15) is 0 Å². The number of likely N-dealkylation sites (N-methyl/N-ethyl adjacent to an activating group) is 1. The third kappa shape index (κ3) is 3.61. The predicted molar refractivity (Wildman–Crippen MR) is 86.2 cm³/mol. The number of benzene rings is 1. The van der Waals surface area contributed by atoms with Crippen molar-refractivity contribution in [3.63, 3.8) is 0 Å². The molecule has 5 heteroatoms. The minimum atomic E-state index is 0.0723. The molecule has 1 heterocycles. The van der Waals surface area contributed by atoms with Crippen LogP contribution in [0, 0.1) is 0 Å². The average molecular weight is 328 g/mol. The summed E-state index contributed by atoms with van der Waals surface area (Å²) in [5, 5.41) is 0.721. The maximum Gasteiger partial charge on any atom is 0.186 e. The highest BCUT2D eigenvalue weighted by Gasteiger charge is 2.18. The zero-order valence-corrected chi connectivity index (χ0v) is 13.6. The van der Waals surface area contributed by atoms with Gasteiger partial charge in [-0.25, -0.2) is 0 Å². The Kier molecular flexibility index (Phi) is 5.22. The van der Waals surface area contributed by atoms with Crippen LogP contribution in [0.4, 0.5) is 0 Å². The number of ketones is 1. The molecule has 106 valence electrons. The summed E-state index contributed by atoms with van der Waals surface area (Å²) >= 11 is 13.4. The number of thiophene rings is 1. The van der Waals surface area contributed by atoms with Gasteiger partial charge in [0.25, 0.3) is 0 Å². The van der Waals surface area contributed by atoms with Gasteiger partial charge in [0, 0.05) is 11.1 Å². The van der Waals surface area contributed by atoms with Crippen LogP contribution in [-0.2, 0) is 0 Å². The third-order valence-electron chi connectivity index (χ3n) is 3.26. The van der Waals surface area contributed by atoms with Crippen LogP contribution in [0.3, 0.4) is 0 Å². The SMILES string of the molecule is CC(c1ccccc1Cl)N(C)CC(=O)c1ccc(Cl)s1. The molecule has 0 spiro atoms. The number of carbonyl (C=O) groups excluding carboxylic acids is 1. The summed E-state index contributed by atoms with van der Waals surface area (Å²) in [6.07, 6.45) is 0. The normalized spacial score (nSPS) is 12.7. The van der Waals surface area contributed by atoms with Crippen LogP contribution in [0.25, 0.3) is 0 Å². The first-order valence-corrected chi connectivity index (χ1v) is 7.79. The van der Waals surface area contributed by atoms with Crippen molar-refractivity contribution in [1.82, 2.24) is 4.90 Å². The number of Topliss-reactive ketones (excluding diaryl/α,β-unsaturated/α-hetero) is 1. The molecule has 0 amide bonds. The molecule has 2 nitrogen and oxygen atoms in total. The van der Waals surface area contributed by atoms with E-state index in [1.54, 1.807) is 12.1 Å². The van der Waals surface area contributed by atoms with Crippen molar-refractivity contribution in [2.45, 2.75) is 13.0 Å². The molecule has 1 aromatic heterocycles. The quantitative estimate of drug-likeness (QED) is 0.725. The Morgan fingerprint density at radius 3 is 2.55 bits per heavy atom. The second-order valence-electron chi connectivity index (χ2n) is 4.64. The first-order valence-electron chi connectivity index (χ1n) is 6.22. The molecule has 20 heavy (non-hydrogen) atoms. The van der Waals surface area contributed by atoms with Crippen LogP contribution in [0.1, 0.15) is 28.2 Å². The number of carbonyl (C=O) groups is 1. The highest BCUT2D eigenvalue weighted by molar-refractivity contribution is 7.18. The molecular formula is C15H15Cl2NOS. The maximum atomic E-state index is 12.2. The van der Waals surface area contributed by atoms with Crippen LogP contribution in [0.2, 0.25) is 9.36 Å². The van der Waals surface area contributed by atoms with E-state index in [0.29, 0.717) is 15.8 Å². The molecule has 0 saturated heterocycles. The zero-order chi connectivity index (χ0) is 14.7. The van der Waals surface area contributed by atoms with Gasteiger partial charge < -0.3 is 0 Å². The van der Waals surface area contributed by atoms with Gasteiger partial charge in [-0.3, -0.25) is 9.69 Å². The molecule has 0 N–H and O–H groups in total. The lowest BCUT2D eigenvalue weighted by Gasteiger charge is -2.24. The molecule has 1 atom stereocenters. The van der Waals surface area contributed by atoms with Gasteiger partial charge >= 0.3 is 0 Å². The monoisotopic (exact) mass is 327 g/mol. The van der Waals surface area contributed by atoms with E-state index in [9.17, 15) is 4.79 Å². The van der Waals surface area contributed by atoms with Gasteiger partial charge in [-0.2, -0.15) is 0 Å². The zero-order valence-electron chi connectivity index (χ0n) is 11.3. The van der Waals surface area contributed by atoms with Crippen LogP contribution in [0.15, 0.2) is 36.4 Å². The van der Waals surface area contributed by atoms with Gasteiger partial charge in [-0.15, -0.1) is 11.3 Å². The summed E-state index contributed by atoms with van der Waals surface area (Å²) in [7, 11) is 1.92. The Balaban J connectivity index is 2.06. The van der Waals surface area contributed by atoms with Crippen molar-refractivity contribution in [3.8, 4) is 0 Å². The lowest BCUT2D eigenvalue weighted by atomic mass is 10.1. The first-order chi connectivity index (χ1) is 9.49. The summed E-state index contributed by atoms with van der Waals surface area (Å²) in [4.78, 5) is 14.8. The maximum absolute atomic E-state index is 12.2. The number of halogens is 2. The molecule has 0 aliphatic rings. The van der Waals surface area contributed by atoms with Gasteiger partial charge in [-0.05, 0) is 37.7 Å². The highest BCUT2D eigenvalue weighted by Crippen LogP contribution is 2.27. The average Bonchev–Trinajstić information content (AvgIpc) is 2.85. The van der Waals surface area contributed by atoms with E-state index < -0.39 is 0 Å². The summed E-state index contributed by atoms with van der Waals surface area (Å²) < 4.78 is 0.634. The Hall–Kier alpha value is -0.870. The number of hydrogen-bond donors (Lipinski definition) is 0. The summed E-state index contributed by atoms with van der Waals surface area (Å²) in [5.74, 6) is 0.0725. The summed E-state index contributed by atoms with van der Waals surface area (Å²) in [6, 6.07) is 11.3. The van der Waals surface area contributed by atoms with E-state index in [1.807, 2.05) is 43.1 Å². The van der Waals surface area contributed by atoms with Crippen molar-refractivity contribution in [3.05, 3.63) is 56.2 Å². The molecule has 1 unspecified atom stereocenters. The van der Waals surface area contributed by atoms with Crippen LogP contribution < -0.4 is 0 Å². The van der Waals surface area contributed by atoms with Gasteiger partial charge in [-0.1, -0.05) is 41.4 Å². The second kappa shape index (κ2) is 6.72. The molecule has 0 aliphatic carbocycles. The topological polar surface area (TPSA) is 20.3 Å². The van der Waals surface area contributed by atoms with Crippen molar-refractivity contribution in [2.75, 3.05) is 13.6 Å². The van der Waals surface area contributed by atoms with Crippen LogP contribution >= 0.6 is 34.5 Å². The van der Waals surface area contributed by atoms with Gasteiger partial charge in [0.15, 0.2) is 5.78 Å². The predicted octanol–water partition coefficient (Wildman–Crippen LogP) is 4.93. The summed E-state index contributed by atoms with van der Waals surface area (Å²) in [5.41, 5.74) is 1.02. The standard InChI is InChI=1S/C15H15Cl2NOS/c1-10(11-5-3-4-6-12(11)16)18(2)9-13(19)14-7-8-15(17)20-14/h3-8,10H,9H2,1-2H3. The van der Waals surface area contributed by atoms with E-state index >= 15 is 0 Å². The molecule has 0 bridgehead atoms. The molecular weight excluding hydrogens is 313 g/mol. The fourth-order valence-corrected chi connectivity index (χ4v) is 3.22. The van der Waals surface area contributed by atoms with Crippen molar-refractivity contribution in [2.24, 2.45) is 0 Å². The van der Waals surface area contributed by atoms with Crippen molar-refractivity contribution >= 4 is 40.3 Å². The highest BCUT2D eigenvalue weighted by atomic mass is 35.5. The molecule has 0 fully saturated rings. The van der Waals surface area contributed by atoms with Crippen LogP contribution in [0.5, 0.6) is 0 Å². The summed E-state index contributed by atoms with van der Waals surface area (Å²) in [6.45, 7) is 2.37. The van der Waals surface area contributed by atoms with Gasteiger partial charge in [0.05, 0.1) is 15.8 Å². The lowest BCUT2D eigenvalue weighted by Crippen LogP contribution is -2.28. The molecule has 0 saturated carbocycles. The molecule has 2 aromatic rings. The Morgan fingerprint density at radius 2 is 1.95 bits per heavy atom. The Labute approximate surface area is 132 Å². The van der Waals surface area contributed by atoms with Crippen molar-refractivity contribution in [1.29, 1.82) is 0 Å². The number of nitrogens with zero attached hydrogens (tertiary/aromatic N) is 1. The van der Waals surface area contributed by atoms with E-state index in [0.717, 1.165) is 10.6 Å². The van der Waals surface area contributed by atoms with E-state index in [-0.39, 0.29) is 11.8 Å². The van der Waals surface area contributed by atoms with Crippen molar-refractivity contribution < 1.29 is 4.79 Å². The number of rotatable bonds is 5. The van der Waals surface area contributed by atoms with E-state index in [1.165, 1.54) is 11.3 Å². The van der Waals surface area contributed by atoms with Crippen LogP contribution in [-0.4, -0.2) is 24.3 Å². The van der Waals surface area contributed by atoms with E-state index in [4.69, 9.17) is 23.2 Å². The fourth-order valence-electron chi connectivity index (χ4n) is 1.96. The Bertz CT molecular complexity index is 611. The largest absolute Gasteiger partial charge is 0.292 e. The van der Waals surface area contributed by atoms with E-state index in [2.05, 4.69) is 0 Å². The number of hydrogen-bond acceptors (Lipinski definition) is 3. The minimum Gasteiger partial charge on any atom is -0.292 e. The smallest absolute Gasteiger partial charge is 0.186 e. The molecule has 0 radical (unpaired) electrons. The Morgan fingerprint density at radius 1 is 1.25 bits per heavy atom. The minimum absolute atomic E-state index is 0.0723. The molecule has 1 aromatic carbocycles. The van der Waals surface area contributed by atoms with Gasteiger partial charge in [0.2, 0.25) is 0 Å². The molecule has 0 aliphatic heterocycles. The lowest BCUT2D eigenvalue weighted by molar-refractivity contribution is 0.0929.